The highest BCUT2D eigenvalue weighted by Crippen LogP contribution is 2.19. The van der Waals surface area contributed by atoms with Gasteiger partial charge in [-0.05, 0) is 32.4 Å². The lowest BCUT2D eigenvalue weighted by atomic mass is 10.3. The molecule has 0 spiro atoms. The summed E-state index contributed by atoms with van der Waals surface area (Å²) in [5, 5.41) is 7.22. The number of amides is 1. The normalized spacial score (nSPS) is 12.0. The lowest BCUT2D eigenvalue weighted by molar-refractivity contribution is -0.127. The number of aromatic nitrogens is 2. The summed E-state index contributed by atoms with van der Waals surface area (Å²) in [5.41, 5.74) is 1.83. The van der Waals surface area contributed by atoms with E-state index in [-0.39, 0.29) is 5.91 Å². The number of nitrogens with zero attached hydrogens (tertiary/aromatic N) is 2. The monoisotopic (exact) mass is 317 g/mol. The van der Waals surface area contributed by atoms with Crippen molar-refractivity contribution in [1.82, 2.24) is 15.1 Å². The Morgan fingerprint density at radius 3 is 2.78 bits per heavy atom. The number of hydrogen-bond acceptors (Lipinski definition) is 4. The number of benzene rings is 1. The van der Waals surface area contributed by atoms with E-state index in [1.807, 2.05) is 43.5 Å². The summed E-state index contributed by atoms with van der Waals surface area (Å²) in [7, 11) is 1.64. The molecule has 6 heteroatoms. The van der Waals surface area contributed by atoms with Crippen molar-refractivity contribution in [2.75, 3.05) is 20.3 Å². The molecule has 1 aromatic carbocycles. The van der Waals surface area contributed by atoms with E-state index >= 15 is 0 Å². The number of para-hydroxylation sites is 1. The molecule has 1 aromatic heterocycles. The molecule has 1 amide bonds. The average molecular weight is 317 g/mol. The van der Waals surface area contributed by atoms with E-state index in [0.29, 0.717) is 19.0 Å². The maximum Gasteiger partial charge on any atom is 0.260 e. The number of aryl methyl sites for hydroxylation is 1. The number of carbonyl (C=O) groups is 1. The Balaban J connectivity index is 1.95. The van der Waals surface area contributed by atoms with Gasteiger partial charge in [0.1, 0.15) is 0 Å². The summed E-state index contributed by atoms with van der Waals surface area (Å²) < 4.78 is 12.4. The van der Waals surface area contributed by atoms with Crippen molar-refractivity contribution in [3.05, 3.63) is 42.1 Å². The van der Waals surface area contributed by atoms with Crippen LogP contribution < -0.4 is 10.1 Å². The second kappa shape index (κ2) is 8.33. The average Bonchev–Trinajstić information content (AvgIpc) is 2.93. The van der Waals surface area contributed by atoms with Crippen LogP contribution in [0.2, 0.25) is 0 Å². The third kappa shape index (κ3) is 4.82. The number of hydrogen-bond donors (Lipinski definition) is 1. The van der Waals surface area contributed by atoms with E-state index in [1.165, 1.54) is 0 Å². The van der Waals surface area contributed by atoms with Crippen LogP contribution >= 0.6 is 0 Å². The zero-order valence-electron chi connectivity index (χ0n) is 13.8. The van der Waals surface area contributed by atoms with Gasteiger partial charge in [-0.15, -0.1) is 5.10 Å². The summed E-state index contributed by atoms with van der Waals surface area (Å²) in [6, 6.07) is 9.77. The fourth-order valence-corrected chi connectivity index (χ4v) is 2.07. The van der Waals surface area contributed by atoms with Crippen LogP contribution in [0, 0.1) is 6.92 Å². The van der Waals surface area contributed by atoms with Crippen molar-refractivity contribution in [2.45, 2.75) is 26.4 Å². The molecule has 0 fully saturated rings. The van der Waals surface area contributed by atoms with Gasteiger partial charge in [0.2, 0.25) is 5.88 Å². The molecular weight excluding hydrogens is 294 g/mol. The molecular formula is C17H23N3O3. The molecule has 0 unspecified atom stereocenters. The highest BCUT2D eigenvalue weighted by molar-refractivity contribution is 5.80. The minimum absolute atomic E-state index is 0.158. The number of rotatable bonds is 8. The van der Waals surface area contributed by atoms with E-state index in [9.17, 15) is 4.79 Å². The van der Waals surface area contributed by atoms with Gasteiger partial charge in [0, 0.05) is 32.0 Å². The summed E-state index contributed by atoms with van der Waals surface area (Å²) in [6.45, 7) is 4.81. The lowest BCUT2D eigenvalue weighted by Crippen LogP contribution is -2.37. The van der Waals surface area contributed by atoms with Crippen LogP contribution in [-0.2, 0) is 9.53 Å². The molecule has 0 radical (unpaired) electrons. The molecule has 23 heavy (non-hydrogen) atoms. The maximum absolute atomic E-state index is 12.0. The van der Waals surface area contributed by atoms with Crippen LogP contribution in [0.25, 0.3) is 5.69 Å². The highest BCUT2D eigenvalue weighted by Gasteiger charge is 2.17. The number of ether oxygens (including phenoxy) is 2. The Morgan fingerprint density at radius 2 is 2.09 bits per heavy atom. The first-order chi connectivity index (χ1) is 11.1. The predicted molar refractivity (Wildman–Crippen MR) is 87.9 cm³/mol. The topological polar surface area (TPSA) is 65.4 Å². The molecule has 1 atom stereocenters. The summed E-state index contributed by atoms with van der Waals surface area (Å²) in [5.74, 6) is 0.308. The minimum atomic E-state index is -0.602. The van der Waals surface area contributed by atoms with E-state index < -0.39 is 6.10 Å². The zero-order valence-corrected chi connectivity index (χ0v) is 13.8. The fourth-order valence-electron chi connectivity index (χ4n) is 2.07. The molecule has 2 rings (SSSR count). The zero-order chi connectivity index (χ0) is 16.7. The largest absolute Gasteiger partial charge is 0.463 e. The van der Waals surface area contributed by atoms with Gasteiger partial charge in [0.15, 0.2) is 6.10 Å². The predicted octanol–water partition coefficient (Wildman–Crippen LogP) is 2.10. The van der Waals surface area contributed by atoms with Crippen molar-refractivity contribution < 1.29 is 14.3 Å². The van der Waals surface area contributed by atoms with E-state index in [0.717, 1.165) is 17.7 Å². The summed E-state index contributed by atoms with van der Waals surface area (Å²) in [4.78, 5) is 12.0. The first-order valence-electron chi connectivity index (χ1n) is 7.67. The van der Waals surface area contributed by atoms with E-state index in [2.05, 4.69) is 10.4 Å². The molecule has 0 aliphatic heterocycles. The van der Waals surface area contributed by atoms with Gasteiger partial charge in [-0.3, -0.25) is 4.79 Å². The molecule has 0 bridgehead atoms. The number of methoxy groups -OCH3 is 1. The Morgan fingerprint density at radius 1 is 1.35 bits per heavy atom. The Kier molecular flexibility index (Phi) is 6.17. The third-order valence-corrected chi connectivity index (χ3v) is 3.35. The second-order valence-corrected chi connectivity index (χ2v) is 5.29. The molecule has 6 nitrogen and oxygen atoms in total. The molecule has 0 aliphatic carbocycles. The molecule has 124 valence electrons. The van der Waals surface area contributed by atoms with Crippen molar-refractivity contribution in [2.24, 2.45) is 0 Å². The summed E-state index contributed by atoms with van der Waals surface area (Å²) >= 11 is 0. The highest BCUT2D eigenvalue weighted by atomic mass is 16.5. The summed E-state index contributed by atoms with van der Waals surface area (Å²) in [6.07, 6.45) is 2.06. The first-order valence-corrected chi connectivity index (χ1v) is 7.67. The van der Waals surface area contributed by atoms with E-state index in [4.69, 9.17) is 9.47 Å². The lowest BCUT2D eigenvalue weighted by Gasteiger charge is -2.13. The van der Waals surface area contributed by atoms with Crippen LogP contribution in [0.4, 0.5) is 0 Å². The standard InChI is InChI=1S/C17H23N3O3/c1-13-12-20(15-8-5-4-6-9-15)19-17(13)23-14(2)16(21)18-10-7-11-22-3/h4-6,8-9,12,14H,7,10-11H2,1-3H3,(H,18,21)/t14-/m1/s1. The van der Waals surface area contributed by atoms with Crippen molar-refractivity contribution in [3.8, 4) is 11.6 Å². The van der Waals surface area contributed by atoms with Gasteiger partial charge in [-0.1, -0.05) is 18.2 Å². The van der Waals surface area contributed by atoms with Crippen molar-refractivity contribution in [1.29, 1.82) is 0 Å². The van der Waals surface area contributed by atoms with Crippen LogP contribution in [0.3, 0.4) is 0 Å². The minimum Gasteiger partial charge on any atom is -0.463 e. The van der Waals surface area contributed by atoms with Crippen LogP contribution in [0.5, 0.6) is 5.88 Å². The van der Waals surface area contributed by atoms with Crippen molar-refractivity contribution >= 4 is 5.91 Å². The van der Waals surface area contributed by atoms with Crippen LogP contribution in [0.1, 0.15) is 18.9 Å². The molecule has 0 aliphatic rings. The Hall–Kier alpha value is -2.34. The Labute approximate surface area is 136 Å². The van der Waals surface area contributed by atoms with Gasteiger partial charge in [0.05, 0.1) is 5.69 Å². The maximum atomic E-state index is 12.0. The van der Waals surface area contributed by atoms with Gasteiger partial charge in [-0.2, -0.15) is 0 Å². The molecule has 0 saturated heterocycles. The van der Waals surface area contributed by atoms with Gasteiger partial charge >= 0.3 is 0 Å². The number of carbonyl (C=O) groups excluding carboxylic acids is 1. The van der Waals surface area contributed by atoms with E-state index in [1.54, 1.807) is 18.7 Å². The van der Waals surface area contributed by atoms with Crippen LogP contribution in [-0.4, -0.2) is 42.1 Å². The molecule has 2 aromatic rings. The SMILES string of the molecule is COCCCNC(=O)[C@@H](C)Oc1nn(-c2ccccc2)cc1C. The number of nitrogens with one attached hydrogen (secondary N) is 1. The second-order valence-electron chi connectivity index (χ2n) is 5.29. The van der Waals surface area contributed by atoms with Gasteiger partial charge in [-0.25, -0.2) is 4.68 Å². The smallest absolute Gasteiger partial charge is 0.260 e. The first kappa shape index (κ1) is 17.0. The molecule has 0 saturated carbocycles. The van der Waals surface area contributed by atoms with Gasteiger partial charge < -0.3 is 14.8 Å². The molecule has 1 heterocycles. The third-order valence-electron chi connectivity index (χ3n) is 3.35. The quantitative estimate of drug-likeness (QED) is 0.757. The van der Waals surface area contributed by atoms with Crippen molar-refractivity contribution in [3.63, 3.8) is 0 Å². The Bertz CT molecular complexity index is 625. The fraction of sp³-hybridized carbons (Fsp3) is 0.412. The molecule has 1 N–H and O–H groups in total. The van der Waals surface area contributed by atoms with Crippen LogP contribution in [0.15, 0.2) is 36.5 Å². The van der Waals surface area contributed by atoms with Gasteiger partial charge in [0.25, 0.3) is 5.91 Å².